The predicted octanol–water partition coefficient (Wildman–Crippen LogP) is -3.49. The zero-order chi connectivity index (χ0) is 62.9. The van der Waals surface area contributed by atoms with E-state index in [2.05, 4.69) is 20.8 Å². The second-order valence-corrected chi connectivity index (χ2v) is 28.8. The summed E-state index contributed by atoms with van der Waals surface area (Å²) in [6.07, 6.45) is -32.7. The largest absolute Gasteiger partial charge is 0.432 e. The summed E-state index contributed by atoms with van der Waals surface area (Å²) < 4.78 is 59.4. The lowest BCUT2D eigenvalue weighted by Gasteiger charge is -2.73. The third-order valence-electron chi connectivity index (χ3n) is 23.9. The molecule has 0 amide bonds. The van der Waals surface area contributed by atoms with Gasteiger partial charge in [0.05, 0.1) is 55.8 Å². The van der Waals surface area contributed by atoms with E-state index in [1.54, 1.807) is 13.8 Å². The van der Waals surface area contributed by atoms with Gasteiger partial charge in [0.1, 0.15) is 104 Å². The number of aliphatic hydroxyl groups excluding tert-OH is 15. The van der Waals surface area contributed by atoms with Crippen molar-refractivity contribution in [2.45, 2.75) is 279 Å². The standard InChI is InChI=1S/C59H98O27/c1-23-34(63)38(67)42(71)49(79-23)84-46-28(19-60)81-48(45(74)41(46)70)78-21-29-37(66)40(69)44(73)51(82-29)86-53(75)59-16-11-25(54(3,4)76)33(59)26-9-10-31-55(5)14-13-32(56(6,22-61)30(55)12-15-58(31,8)57(26,7)17-18-59)83-52-47(36(65)27(62)20-77-52)85-50-43(72)39(68)35(64)24(2)80-50/h23-52,60-74,76H,9-22H2,1-8H3/t23-,24-,25+,26+,27-,28+,29+,30+,31+,32-,33+,34-,35-,36-,37+,38+,39+,40-,41+,42+,43+,44+,45+,46+,47+,48+,49-,50-,51-,52-,55-,56-,57+,58+,59-/m0/s1. The van der Waals surface area contributed by atoms with Crippen LogP contribution < -0.4 is 0 Å². The van der Waals surface area contributed by atoms with Gasteiger partial charge in [-0.3, -0.25) is 4.79 Å². The van der Waals surface area contributed by atoms with Gasteiger partial charge in [0.15, 0.2) is 25.2 Å². The van der Waals surface area contributed by atoms with Crippen molar-refractivity contribution in [3.05, 3.63) is 0 Å². The summed E-state index contributed by atoms with van der Waals surface area (Å²) >= 11 is 0. The maximum absolute atomic E-state index is 15.3. The molecular weight excluding hydrogens is 1140 g/mol. The third-order valence-corrected chi connectivity index (χ3v) is 23.9. The van der Waals surface area contributed by atoms with E-state index in [1.165, 1.54) is 13.8 Å². The smallest absolute Gasteiger partial charge is 0.314 e. The summed E-state index contributed by atoms with van der Waals surface area (Å²) in [7, 11) is 0. The molecule has 35 atom stereocenters. The Morgan fingerprint density at radius 1 is 0.535 bits per heavy atom. The van der Waals surface area contributed by atoms with Gasteiger partial charge in [-0.25, -0.2) is 0 Å². The first kappa shape index (κ1) is 67.4. The fourth-order valence-corrected chi connectivity index (χ4v) is 18.6. The highest BCUT2D eigenvalue weighted by atomic mass is 16.8. The molecule has 0 unspecified atom stereocenters. The molecule has 5 aliphatic heterocycles. The van der Waals surface area contributed by atoms with E-state index >= 15 is 4.79 Å². The Morgan fingerprint density at radius 2 is 1.12 bits per heavy atom. The number of hydrogen-bond donors (Lipinski definition) is 16. The molecule has 0 spiro atoms. The van der Waals surface area contributed by atoms with Crippen molar-refractivity contribution in [3.8, 4) is 0 Å². The van der Waals surface area contributed by atoms with E-state index in [0.717, 1.165) is 12.8 Å². The van der Waals surface area contributed by atoms with Crippen LogP contribution in [0.25, 0.3) is 0 Å². The Hall–Kier alpha value is -1.53. The number of aliphatic hydroxyl groups is 16. The lowest BCUT2D eigenvalue weighted by Crippen LogP contribution is -2.69. The highest BCUT2D eigenvalue weighted by Gasteiger charge is 2.74. The highest BCUT2D eigenvalue weighted by molar-refractivity contribution is 5.78. The first-order chi connectivity index (χ1) is 40.2. The van der Waals surface area contributed by atoms with Gasteiger partial charge in [0.25, 0.3) is 0 Å². The van der Waals surface area contributed by atoms with E-state index in [0.29, 0.717) is 51.4 Å². The Labute approximate surface area is 500 Å². The fraction of sp³-hybridized carbons (Fsp3) is 0.983. The number of carbonyl (C=O) groups is 1. The summed E-state index contributed by atoms with van der Waals surface area (Å²) in [6.45, 7) is 13.4. The maximum Gasteiger partial charge on any atom is 0.314 e. The van der Waals surface area contributed by atoms with Crippen molar-refractivity contribution < 1.29 is 134 Å². The van der Waals surface area contributed by atoms with Gasteiger partial charge in [-0.1, -0.05) is 27.7 Å². The monoisotopic (exact) mass is 1240 g/mol. The Balaban J connectivity index is 0.829. The van der Waals surface area contributed by atoms with Crippen molar-refractivity contribution >= 4 is 5.97 Å². The normalized spacial score (nSPS) is 56.0. The van der Waals surface area contributed by atoms with Crippen molar-refractivity contribution in [1.82, 2.24) is 0 Å². The number of carbonyl (C=O) groups excluding carboxylic acids is 1. The molecule has 0 aromatic heterocycles. The van der Waals surface area contributed by atoms with Crippen LogP contribution in [-0.2, 0) is 52.2 Å². The van der Waals surface area contributed by atoms with Crippen LogP contribution >= 0.6 is 0 Å². The number of rotatable bonds is 14. The molecule has 0 aromatic carbocycles. The number of esters is 1. The first-order valence-corrected chi connectivity index (χ1v) is 31.1. The van der Waals surface area contributed by atoms with Gasteiger partial charge in [0, 0.05) is 5.41 Å². The molecule has 496 valence electrons. The molecule has 10 fully saturated rings. The molecule has 27 heteroatoms. The van der Waals surface area contributed by atoms with E-state index in [1.807, 2.05) is 6.92 Å². The van der Waals surface area contributed by atoms with E-state index in [4.69, 9.17) is 47.4 Å². The molecule has 10 aliphatic rings. The van der Waals surface area contributed by atoms with Crippen molar-refractivity contribution in [1.29, 1.82) is 0 Å². The van der Waals surface area contributed by atoms with Gasteiger partial charge < -0.3 is 129 Å². The Morgan fingerprint density at radius 3 is 1.72 bits per heavy atom. The van der Waals surface area contributed by atoms with Crippen LogP contribution in [0.2, 0.25) is 0 Å². The van der Waals surface area contributed by atoms with Gasteiger partial charge in [-0.15, -0.1) is 0 Å². The molecule has 5 saturated carbocycles. The lowest BCUT2D eigenvalue weighted by atomic mass is 9.32. The Kier molecular flexibility index (Phi) is 19.4. The number of hydrogen-bond acceptors (Lipinski definition) is 27. The molecular formula is C59H98O27. The Bertz CT molecular complexity index is 2330. The molecule has 0 radical (unpaired) electrons. The van der Waals surface area contributed by atoms with Crippen molar-refractivity contribution in [2.75, 3.05) is 26.4 Å². The van der Waals surface area contributed by atoms with Crippen LogP contribution in [0.4, 0.5) is 0 Å². The van der Waals surface area contributed by atoms with Gasteiger partial charge in [-0.05, 0) is 138 Å². The second kappa shape index (κ2) is 24.7. The summed E-state index contributed by atoms with van der Waals surface area (Å²) in [6, 6.07) is 0. The minimum atomic E-state index is -1.94. The molecule has 27 nitrogen and oxygen atoms in total. The van der Waals surface area contributed by atoms with Gasteiger partial charge >= 0.3 is 5.97 Å². The average molecular weight is 1240 g/mol. The minimum Gasteiger partial charge on any atom is -0.432 e. The quantitative estimate of drug-likeness (QED) is 0.0593. The highest BCUT2D eigenvalue weighted by Crippen LogP contribution is 2.78. The zero-order valence-corrected chi connectivity index (χ0v) is 50.4. The minimum absolute atomic E-state index is 0.0822. The van der Waals surface area contributed by atoms with Crippen LogP contribution in [0.5, 0.6) is 0 Å². The van der Waals surface area contributed by atoms with E-state index in [9.17, 15) is 81.7 Å². The van der Waals surface area contributed by atoms with Crippen LogP contribution in [0.15, 0.2) is 0 Å². The summed E-state index contributed by atoms with van der Waals surface area (Å²) in [5, 5.41) is 175. The van der Waals surface area contributed by atoms with Gasteiger partial charge in [0.2, 0.25) is 6.29 Å². The van der Waals surface area contributed by atoms with Crippen LogP contribution in [0.1, 0.15) is 120 Å². The van der Waals surface area contributed by atoms with Crippen LogP contribution in [-0.4, -0.2) is 273 Å². The van der Waals surface area contributed by atoms with Crippen molar-refractivity contribution in [2.24, 2.45) is 56.7 Å². The molecule has 0 bridgehead atoms. The van der Waals surface area contributed by atoms with E-state index < -0.39 is 195 Å². The average Bonchev–Trinajstić information content (AvgIpc) is 1.04. The van der Waals surface area contributed by atoms with Crippen LogP contribution in [0, 0.1) is 56.7 Å². The molecule has 86 heavy (non-hydrogen) atoms. The molecule has 5 heterocycles. The summed E-state index contributed by atoms with van der Waals surface area (Å²) in [5.41, 5.74) is -4.31. The second-order valence-electron chi connectivity index (χ2n) is 28.8. The molecule has 10 rings (SSSR count). The molecule has 5 aliphatic carbocycles. The number of ether oxygens (including phenoxy) is 10. The topological polar surface area (TPSA) is 433 Å². The first-order valence-electron chi connectivity index (χ1n) is 31.1. The van der Waals surface area contributed by atoms with E-state index in [-0.39, 0.29) is 53.1 Å². The van der Waals surface area contributed by atoms with Gasteiger partial charge in [-0.2, -0.15) is 0 Å². The SMILES string of the molecule is C[C@@H]1O[C@@H](O[C@H]2[C@H](O[C@H]3CC[C@@]4(C)[C@@H](CC[C@]5(C)[C@@H]4CC[C@@H]4[C@H]6[C@H](C(C)(C)O)CC[C@]6(C(=O)O[C@@H]6O[C@H](CO[C@@H]7O[C@H](CO)[C@@H](O[C@@H]8O[C@@H](C)[C@H](O)[C@@H](O)[C@H]8O)[C@H](O)[C@H]7O)[C@@H](O)[C@H](O)[C@H]6O)CC[C@]45C)[C@]3(C)CO)OC[C@H](O)[C@@H]2O)[C@H](O)[C@H](O)[C@H]1O. The van der Waals surface area contributed by atoms with Crippen LogP contribution in [0.3, 0.4) is 0 Å². The lowest BCUT2D eigenvalue weighted by molar-refractivity contribution is -0.366. The fourth-order valence-electron chi connectivity index (χ4n) is 18.6. The summed E-state index contributed by atoms with van der Waals surface area (Å²) in [5.74, 6) is -1.52. The maximum atomic E-state index is 15.3. The molecule has 16 N–H and O–H groups in total. The molecule has 0 aromatic rings. The molecule has 5 saturated heterocycles. The predicted molar refractivity (Wildman–Crippen MR) is 289 cm³/mol. The summed E-state index contributed by atoms with van der Waals surface area (Å²) in [4.78, 5) is 15.3. The third kappa shape index (κ3) is 11.1. The number of fused-ring (bicyclic) bond motifs is 7. The zero-order valence-electron chi connectivity index (χ0n) is 50.4. The van der Waals surface area contributed by atoms with Crippen molar-refractivity contribution in [3.63, 3.8) is 0 Å².